The van der Waals surface area contributed by atoms with Crippen molar-refractivity contribution in [2.24, 2.45) is 0 Å². The van der Waals surface area contributed by atoms with Crippen LogP contribution in [0.25, 0.3) is 0 Å². The molecular formula is C25H31ClFN3O4. The lowest BCUT2D eigenvalue weighted by molar-refractivity contribution is -0.121. The van der Waals surface area contributed by atoms with Crippen LogP contribution in [0.15, 0.2) is 36.5 Å². The lowest BCUT2D eigenvalue weighted by Crippen LogP contribution is -2.43. The molecule has 34 heavy (non-hydrogen) atoms. The van der Waals surface area contributed by atoms with Gasteiger partial charge in [0.05, 0.1) is 11.3 Å². The number of ether oxygens (including phenoxy) is 1. The van der Waals surface area contributed by atoms with E-state index >= 15 is 0 Å². The Balaban J connectivity index is 2.38. The molecule has 1 atom stereocenters. The predicted molar refractivity (Wildman–Crippen MR) is 128 cm³/mol. The maximum Gasteiger partial charge on any atom is 0.408 e. The summed E-state index contributed by atoms with van der Waals surface area (Å²) < 4.78 is 19.5. The molecule has 0 radical (unpaired) electrons. The largest absolute Gasteiger partial charge is 0.444 e. The summed E-state index contributed by atoms with van der Waals surface area (Å²) in [5, 5.41) is 5.72. The standard InChI is InChI=1S/C25H31ClFN3O4/c1-24(2,3)30-22(32)17-8-7-13-28-20(17)21(29-23(33)34-25(4,5)6)19(31)12-9-15-14-16(26)10-11-18(15)27/h7-8,10-11,13-14,21H,9,12H2,1-6H3,(H,29,33)(H,30,32). The Morgan fingerprint density at radius 3 is 2.41 bits per heavy atom. The highest BCUT2D eigenvalue weighted by Gasteiger charge is 2.31. The molecule has 0 fully saturated rings. The number of Topliss-reactive ketones (excluding diaryl/α,β-unsaturated/α-hetero) is 1. The first-order chi connectivity index (χ1) is 15.7. The van der Waals surface area contributed by atoms with Gasteiger partial charge in [0.15, 0.2) is 5.78 Å². The number of nitrogens with zero attached hydrogens (tertiary/aromatic N) is 1. The SMILES string of the molecule is CC(C)(C)NC(=O)c1cccnc1C(NC(=O)OC(C)(C)C)C(=O)CCc1cc(Cl)ccc1F. The van der Waals surface area contributed by atoms with Crippen molar-refractivity contribution in [2.45, 2.75) is 71.6 Å². The molecule has 1 aromatic heterocycles. The van der Waals surface area contributed by atoms with Gasteiger partial charge >= 0.3 is 6.09 Å². The summed E-state index contributed by atoms with van der Waals surface area (Å²) in [5.74, 6) is -1.40. The minimum absolute atomic E-state index is 0.0497. The number of halogens is 2. The molecule has 0 bridgehead atoms. The number of ketones is 1. The molecule has 0 saturated heterocycles. The zero-order valence-electron chi connectivity index (χ0n) is 20.3. The first kappa shape index (κ1) is 27.2. The van der Waals surface area contributed by atoms with Gasteiger partial charge in [0.25, 0.3) is 5.91 Å². The molecule has 184 valence electrons. The van der Waals surface area contributed by atoms with Crippen molar-refractivity contribution in [3.05, 3.63) is 64.2 Å². The number of carbonyl (C=O) groups excluding carboxylic acids is 3. The van der Waals surface area contributed by atoms with Crippen LogP contribution in [0, 0.1) is 5.82 Å². The van der Waals surface area contributed by atoms with E-state index in [1.54, 1.807) is 26.8 Å². The third-order valence-electron chi connectivity index (χ3n) is 4.48. The number of rotatable bonds is 7. The van der Waals surface area contributed by atoms with Crippen molar-refractivity contribution in [1.29, 1.82) is 0 Å². The number of hydrogen-bond donors (Lipinski definition) is 2. The number of pyridine rings is 1. The van der Waals surface area contributed by atoms with Gasteiger partial charge in [-0.2, -0.15) is 0 Å². The van der Waals surface area contributed by atoms with E-state index in [1.165, 1.54) is 30.5 Å². The molecule has 1 aromatic carbocycles. The van der Waals surface area contributed by atoms with Crippen LogP contribution in [0.1, 0.15) is 75.6 Å². The molecule has 0 spiro atoms. The molecule has 9 heteroatoms. The first-order valence-electron chi connectivity index (χ1n) is 10.9. The number of alkyl carbamates (subject to hydrolysis) is 1. The second-order valence-corrected chi connectivity index (χ2v) is 10.4. The van der Waals surface area contributed by atoms with Gasteiger partial charge in [-0.1, -0.05) is 11.6 Å². The Morgan fingerprint density at radius 2 is 1.79 bits per heavy atom. The minimum atomic E-state index is -1.28. The Labute approximate surface area is 204 Å². The van der Waals surface area contributed by atoms with Crippen molar-refractivity contribution < 1.29 is 23.5 Å². The number of carbonyl (C=O) groups is 3. The quantitative estimate of drug-likeness (QED) is 0.556. The maximum atomic E-state index is 14.1. The topological polar surface area (TPSA) is 97.4 Å². The van der Waals surface area contributed by atoms with Gasteiger partial charge in [0.1, 0.15) is 17.5 Å². The van der Waals surface area contributed by atoms with Crippen LogP contribution in [0.5, 0.6) is 0 Å². The Kier molecular flexibility index (Phi) is 8.78. The zero-order chi connectivity index (χ0) is 25.7. The van der Waals surface area contributed by atoms with Gasteiger partial charge in [-0.3, -0.25) is 14.6 Å². The van der Waals surface area contributed by atoms with Crippen molar-refractivity contribution in [2.75, 3.05) is 0 Å². The smallest absolute Gasteiger partial charge is 0.408 e. The first-order valence-corrected chi connectivity index (χ1v) is 11.3. The van der Waals surface area contributed by atoms with E-state index in [9.17, 15) is 18.8 Å². The second-order valence-electron chi connectivity index (χ2n) is 9.92. The monoisotopic (exact) mass is 491 g/mol. The Hall–Kier alpha value is -3.00. The summed E-state index contributed by atoms with van der Waals surface area (Å²) in [4.78, 5) is 43.0. The molecule has 7 nitrogen and oxygen atoms in total. The summed E-state index contributed by atoms with van der Waals surface area (Å²) >= 11 is 5.95. The second kappa shape index (κ2) is 11.0. The van der Waals surface area contributed by atoms with E-state index in [-0.39, 0.29) is 29.7 Å². The van der Waals surface area contributed by atoms with Gasteiger partial charge in [-0.05, 0) is 83.9 Å². The summed E-state index contributed by atoms with van der Waals surface area (Å²) in [6.07, 6.45) is 0.507. The van der Waals surface area contributed by atoms with E-state index in [2.05, 4.69) is 15.6 Å². The summed E-state index contributed by atoms with van der Waals surface area (Å²) in [5.41, 5.74) is -0.860. The number of aromatic nitrogens is 1. The average molecular weight is 492 g/mol. The molecule has 2 aromatic rings. The van der Waals surface area contributed by atoms with Crippen LogP contribution in [0.4, 0.5) is 9.18 Å². The van der Waals surface area contributed by atoms with E-state index in [4.69, 9.17) is 16.3 Å². The molecular weight excluding hydrogens is 461 g/mol. The summed E-state index contributed by atoms with van der Waals surface area (Å²) in [6, 6.07) is 5.91. The normalized spacial score (nSPS) is 12.6. The molecule has 2 N–H and O–H groups in total. The third-order valence-corrected chi connectivity index (χ3v) is 4.71. The van der Waals surface area contributed by atoms with Gasteiger partial charge in [0, 0.05) is 23.2 Å². The van der Waals surface area contributed by atoms with E-state index < -0.39 is 40.8 Å². The van der Waals surface area contributed by atoms with E-state index in [0.29, 0.717) is 5.02 Å². The zero-order valence-corrected chi connectivity index (χ0v) is 21.0. The summed E-state index contributed by atoms with van der Waals surface area (Å²) in [6.45, 7) is 10.5. The molecule has 0 saturated carbocycles. The van der Waals surface area contributed by atoms with Gasteiger partial charge in [0.2, 0.25) is 0 Å². The highest BCUT2D eigenvalue weighted by Crippen LogP contribution is 2.22. The van der Waals surface area contributed by atoms with Gasteiger partial charge < -0.3 is 15.4 Å². The van der Waals surface area contributed by atoms with Crippen LogP contribution in [0.3, 0.4) is 0 Å². The number of nitrogens with one attached hydrogen (secondary N) is 2. The van der Waals surface area contributed by atoms with Crippen LogP contribution in [0.2, 0.25) is 5.02 Å². The molecule has 2 rings (SSSR count). The van der Waals surface area contributed by atoms with Crippen LogP contribution in [-0.2, 0) is 16.0 Å². The number of aryl methyl sites for hydroxylation is 1. The maximum absolute atomic E-state index is 14.1. The summed E-state index contributed by atoms with van der Waals surface area (Å²) in [7, 11) is 0. The van der Waals surface area contributed by atoms with E-state index in [1.807, 2.05) is 20.8 Å². The fourth-order valence-corrected chi connectivity index (χ4v) is 3.31. The molecule has 1 unspecified atom stereocenters. The number of hydrogen-bond acceptors (Lipinski definition) is 5. The van der Waals surface area contributed by atoms with Gasteiger partial charge in [-0.25, -0.2) is 9.18 Å². The number of benzene rings is 1. The fraction of sp³-hybridized carbons (Fsp3) is 0.440. The van der Waals surface area contributed by atoms with E-state index in [0.717, 1.165) is 0 Å². The molecule has 0 aliphatic heterocycles. The van der Waals surface area contributed by atoms with Crippen LogP contribution < -0.4 is 10.6 Å². The van der Waals surface area contributed by atoms with Crippen molar-refractivity contribution in [1.82, 2.24) is 15.6 Å². The third kappa shape index (κ3) is 8.41. The van der Waals surface area contributed by atoms with Crippen molar-refractivity contribution in [3.63, 3.8) is 0 Å². The van der Waals surface area contributed by atoms with Gasteiger partial charge in [-0.15, -0.1) is 0 Å². The average Bonchev–Trinajstić information content (AvgIpc) is 2.70. The number of amides is 2. The Morgan fingerprint density at radius 1 is 1.12 bits per heavy atom. The highest BCUT2D eigenvalue weighted by atomic mass is 35.5. The minimum Gasteiger partial charge on any atom is -0.444 e. The highest BCUT2D eigenvalue weighted by molar-refractivity contribution is 6.30. The van der Waals surface area contributed by atoms with Crippen molar-refractivity contribution >= 4 is 29.4 Å². The lowest BCUT2D eigenvalue weighted by Gasteiger charge is -2.25. The molecule has 0 aliphatic carbocycles. The molecule has 1 heterocycles. The van der Waals surface area contributed by atoms with Crippen LogP contribution >= 0.6 is 11.6 Å². The fourth-order valence-electron chi connectivity index (χ4n) is 3.11. The molecule has 2 amide bonds. The molecule has 0 aliphatic rings. The van der Waals surface area contributed by atoms with Crippen molar-refractivity contribution in [3.8, 4) is 0 Å². The Bertz CT molecular complexity index is 1060. The predicted octanol–water partition coefficient (Wildman–Crippen LogP) is 5.17. The van der Waals surface area contributed by atoms with Crippen LogP contribution in [-0.4, -0.2) is 33.9 Å². The lowest BCUT2D eigenvalue weighted by atomic mass is 9.97.